The number of carbonyl (C=O) groups excluding carboxylic acids is 6. The normalized spacial score (nSPS) is 24.7. The Bertz CT molecular complexity index is 1270. The van der Waals surface area contributed by atoms with E-state index in [4.69, 9.17) is 4.74 Å². The van der Waals surface area contributed by atoms with E-state index in [9.17, 15) is 33.9 Å². The van der Waals surface area contributed by atoms with E-state index in [1.165, 1.54) is 43.7 Å². The summed E-state index contributed by atoms with van der Waals surface area (Å²) in [5, 5.41) is 20.4. The second-order valence-corrected chi connectivity index (χ2v) is 14.3. The molecule has 1 aliphatic rings. The Morgan fingerprint density at radius 2 is 1.44 bits per heavy atom. The molecule has 0 unspecified atom stereocenters. The zero-order valence-corrected chi connectivity index (χ0v) is 32.0. The minimum Gasteiger partial charge on any atom is -0.460 e. The molecule has 0 aromatic carbocycles. The van der Waals surface area contributed by atoms with Crippen molar-refractivity contribution in [1.29, 1.82) is 0 Å². The Morgan fingerprint density at radius 3 is 2.04 bits per heavy atom. The number of aliphatic hydroxyl groups is 1. The summed E-state index contributed by atoms with van der Waals surface area (Å²) in [6, 6.07) is -4.69. The maximum atomic E-state index is 14.0. The van der Waals surface area contributed by atoms with Crippen molar-refractivity contribution < 1.29 is 38.6 Å². The van der Waals surface area contributed by atoms with Crippen LogP contribution in [0.3, 0.4) is 0 Å². The number of carbonyl (C=O) groups is 6. The number of ether oxygens (including phenoxy) is 1. The lowest BCUT2D eigenvalue weighted by Gasteiger charge is -2.34. The van der Waals surface area contributed by atoms with Gasteiger partial charge in [0, 0.05) is 25.4 Å². The highest BCUT2D eigenvalue weighted by molar-refractivity contribution is 5.96. The van der Waals surface area contributed by atoms with Crippen LogP contribution in [0.1, 0.15) is 117 Å². The number of unbranched alkanes of at least 4 members (excludes halogenated alkanes) is 7. The quantitative estimate of drug-likeness (QED) is 0.109. The number of esters is 1. The van der Waals surface area contributed by atoms with Gasteiger partial charge in [0.05, 0.1) is 18.9 Å². The smallest absolute Gasteiger partial charge is 0.325 e. The molecular weight excluding hydrogens is 670 g/mol. The van der Waals surface area contributed by atoms with Crippen LogP contribution in [0.2, 0.25) is 0 Å². The Labute approximate surface area is 308 Å². The molecule has 1 fully saturated rings. The highest BCUT2D eigenvalue weighted by Gasteiger charge is 2.37. The van der Waals surface area contributed by atoms with Crippen LogP contribution < -0.4 is 21.3 Å². The summed E-state index contributed by atoms with van der Waals surface area (Å²) in [7, 11) is 1.53. The number of nitrogens with one attached hydrogen (secondary N) is 5. The van der Waals surface area contributed by atoms with Crippen LogP contribution >= 0.6 is 0 Å². The highest BCUT2D eigenvalue weighted by Crippen LogP contribution is 2.22. The number of H-pyrrole nitrogens is 1. The predicted molar refractivity (Wildman–Crippen MR) is 195 cm³/mol. The van der Waals surface area contributed by atoms with Crippen molar-refractivity contribution in [2.75, 3.05) is 20.2 Å². The van der Waals surface area contributed by atoms with Crippen molar-refractivity contribution in [3.63, 3.8) is 0 Å². The zero-order chi connectivity index (χ0) is 38.6. The zero-order valence-electron chi connectivity index (χ0n) is 32.0. The molecule has 294 valence electrons. The third-order valence-electron chi connectivity index (χ3n) is 9.43. The molecule has 0 radical (unpaired) electrons. The second-order valence-electron chi connectivity index (χ2n) is 14.3. The number of hydrogen-bond donors (Lipinski definition) is 6. The number of aliphatic hydroxyl groups excluding tert-OH is 1. The van der Waals surface area contributed by atoms with Gasteiger partial charge in [-0.25, -0.2) is 4.98 Å². The van der Waals surface area contributed by atoms with Crippen LogP contribution in [0.4, 0.5) is 0 Å². The molecule has 0 saturated carbocycles. The molecule has 6 N–H and O–H groups in total. The standard InChI is InChI=1S/C37H63N7O8/c1-7-9-10-11-12-13-14-15-17-31-25(5)37(51)44(6)30(18-24(3)4)36(50)41-27(16-8-2)34(48)43-29(22-45)35(49)42-28(19-26-20-38-23-40-26)33(47)39-21-32(46)52-31/h20,23-25,27-31,45H,7-19,21-22H2,1-6H3,(H,38,40)(H,39,47)(H,41,50)(H,42,49)(H,43,48)/t25-,27+,28+,29+,30+,31-/m1/s1. The second kappa shape index (κ2) is 23.5. The van der Waals surface area contributed by atoms with Crippen molar-refractivity contribution in [2.45, 2.75) is 148 Å². The number of amides is 5. The number of likely N-dealkylation sites (N-methyl/N-ethyl adjacent to an activating group) is 1. The average molecular weight is 734 g/mol. The van der Waals surface area contributed by atoms with Crippen molar-refractivity contribution in [3.8, 4) is 0 Å². The molecule has 0 aliphatic carbocycles. The maximum Gasteiger partial charge on any atom is 0.325 e. The van der Waals surface area contributed by atoms with Gasteiger partial charge in [0.15, 0.2) is 0 Å². The summed E-state index contributed by atoms with van der Waals surface area (Å²) in [4.78, 5) is 89.5. The minimum absolute atomic E-state index is 0.00750. The first-order valence-corrected chi connectivity index (χ1v) is 19.1. The predicted octanol–water partition coefficient (Wildman–Crippen LogP) is 2.28. The number of cyclic esters (lactones) is 1. The largest absolute Gasteiger partial charge is 0.460 e. The van der Waals surface area contributed by atoms with Gasteiger partial charge in [0.2, 0.25) is 29.5 Å². The van der Waals surface area contributed by atoms with Crippen LogP contribution in [-0.2, 0) is 39.9 Å². The van der Waals surface area contributed by atoms with E-state index < -0.39 is 84.8 Å². The molecule has 2 heterocycles. The van der Waals surface area contributed by atoms with Gasteiger partial charge in [0.1, 0.15) is 36.8 Å². The van der Waals surface area contributed by atoms with Crippen LogP contribution in [0.5, 0.6) is 0 Å². The van der Waals surface area contributed by atoms with Gasteiger partial charge < -0.3 is 41.0 Å². The molecule has 2 rings (SSSR count). The fourth-order valence-corrected chi connectivity index (χ4v) is 6.29. The summed E-state index contributed by atoms with van der Waals surface area (Å²) in [6.07, 6.45) is 11.9. The maximum absolute atomic E-state index is 14.0. The van der Waals surface area contributed by atoms with Gasteiger partial charge in [-0.15, -0.1) is 0 Å². The van der Waals surface area contributed by atoms with Crippen molar-refractivity contribution in [1.82, 2.24) is 36.1 Å². The third-order valence-corrected chi connectivity index (χ3v) is 9.43. The summed E-state index contributed by atoms with van der Waals surface area (Å²) in [5.74, 6) is -4.77. The van der Waals surface area contributed by atoms with E-state index >= 15 is 0 Å². The van der Waals surface area contributed by atoms with E-state index in [1.807, 2.05) is 20.8 Å². The van der Waals surface area contributed by atoms with E-state index in [0.29, 0.717) is 31.4 Å². The molecule has 52 heavy (non-hydrogen) atoms. The number of aromatic nitrogens is 2. The SMILES string of the molecule is CCCCCCCCCC[C@H]1OC(=O)CNC(=O)[C@H](Cc2cnc[nH]2)NC(=O)[C@H](CO)NC(=O)[C@H](CCC)NC(=O)[C@H](CC(C)C)N(C)C(=O)[C@@H]1C. The van der Waals surface area contributed by atoms with Crippen molar-refractivity contribution in [3.05, 3.63) is 18.2 Å². The van der Waals surface area contributed by atoms with Crippen molar-refractivity contribution >= 4 is 35.5 Å². The Balaban J connectivity index is 2.44. The Morgan fingerprint density at radius 1 is 0.827 bits per heavy atom. The fourth-order valence-electron chi connectivity index (χ4n) is 6.29. The molecule has 0 spiro atoms. The van der Waals surface area contributed by atoms with Gasteiger partial charge in [-0.2, -0.15) is 0 Å². The summed E-state index contributed by atoms with van der Waals surface area (Å²) >= 11 is 0. The number of rotatable bonds is 16. The molecule has 6 atom stereocenters. The summed E-state index contributed by atoms with van der Waals surface area (Å²) in [5.41, 5.74) is 0.509. The van der Waals surface area contributed by atoms with Gasteiger partial charge in [-0.05, 0) is 31.6 Å². The molecule has 15 heteroatoms. The molecule has 15 nitrogen and oxygen atoms in total. The van der Waals surface area contributed by atoms with Gasteiger partial charge in [0.25, 0.3) is 0 Å². The van der Waals surface area contributed by atoms with Crippen LogP contribution in [0.25, 0.3) is 0 Å². The first-order chi connectivity index (χ1) is 24.8. The number of imidazole rings is 1. The summed E-state index contributed by atoms with van der Waals surface area (Å²) < 4.78 is 5.86. The number of nitrogens with zero attached hydrogens (tertiary/aromatic N) is 2. The molecule has 5 amide bonds. The third kappa shape index (κ3) is 14.9. The molecular formula is C37H63N7O8. The van der Waals surface area contributed by atoms with Crippen LogP contribution in [-0.4, -0.2) is 106 Å². The van der Waals surface area contributed by atoms with E-state index in [0.717, 1.165) is 25.7 Å². The summed E-state index contributed by atoms with van der Waals surface area (Å²) in [6.45, 7) is 8.20. The topological polar surface area (TPSA) is 212 Å². The van der Waals surface area contributed by atoms with Gasteiger partial charge in [-0.3, -0.25) is 28.8 Å². The lowest BCUT2D eigenvalue weighted by molar-refractivity contribution is -0.157. The van der Waals surface area contributed by atoms with E-state index in [1.54, 1.807) is 6.92 Å². The van der Waals surface area contributed by atoms with Gasteiger partial charge in [-0.1, -0.05) is 86.0 Å². The minimum atomic E-state index is -1.46. The average Bonchev–Trinajstić information content (AvgIpc) is 3.63. The number of aromatic amines is 1. The molecule has 1 aliphatic heterocycles. The number of hydrogen-bond acceptors (Lipinski definition) is 9. The Kier molecular flexibility index (Phi) is 20.0. The van der Waals surface area contributed by atoms with E-state index in [-0.39, 0.29) is 18.8 Å². The molecule has 1 aromatic heterocycles. The molecule has 1 aromatic rings. The van der Waals surface area contributed by atoms with Crippen LogP contribution in [0.15, 0.2) is 12.5 Å². The lowest BCUT2D eigenvalue weighted by atomic mass is 9.94. The first-order valence-electron chi connectivity index (χ1n) is 19.1. The van der Waals surface area contributed by atoms with Crippen LogP contribution in [0, 0.1) is 11.8 Å². The first kappa shape index (κ1) is 44.2. The fraction of sp³-hybridized carbons (Fsp3) is 0.757. The lowest BCUT2D eigenvalue weighted by Crippen LogP contribution is -2.59. The monoisotopic (exact) mass is 733 g/mol. The van der Waals surface area contributed by atoms with Crippen molar-refractivity contribution in [2.24, 2.45) is 11.8 Å². The van der Waals surface area contributed by atoms with Gasteiger partial charge >= 0.3 is 5.97 Å². The molecule has 1 saturated heterocycles. The highest BCUT2D eigenvalue weighted by atomic mass is 16.5. The molecule has 0 bridgehead atoms. The Hall–Kier alpha value is -4.01. The van der Waals surface area contributed by atoms with E-state index in [2.05, 4.69) is 38.2 Å².